The minimum absolute atomic E-state index is 0.192. The first kappa shape index (κ1) is 17.7. The molecule has 0 aliphatic rings. The normalized spacial score (nSPS) is 13.7. The molecule has 1 heterocycles. The van der Waals surface area contributed by atoms with Crippen LogP contribution in [-0.2, 0) is 4.79 Å². The van der Waals surface area contributed by atoms with Gasteiger partial charge in [-0.3, -0.25) is 0 Å². The van der Waals surface area contributed by atoms with E-state index < -0.39 is 0 Å². The summed E-state index contributed by atoms with van der Waals surface area (Å²) in [6.07, 6.45) is 4.52. The molecule has 5 heteroatoms. The van der Waals surface area contributed by atoms with E-state index in [0.717, 1.165) is 42.4 Å². The molecule has 0 spiro atoms. The van der Waals surface area contributed by atoms with Gasteiger partial charge in [0, 0.05) is 17.3 Å². The van der Waals surface area contributed by atoms with E-state index in [9.17, 15) is 4.79 Å². The Morgan fingerprint density at radius 1 is 1.26 bits per heavy atom. The van der Waals surface area contributed by atoms with Crippen molar-refractivity contribution in [2.75, 3.05) is 5.32 Å². The second-order valence-corrected chi connectivity index (χ2v) is 6.69. The molecule has 1 atom stereocenters. The number of Topliss-reactive ketones (excluding diaryl/α,β-unsaturated/α-hetero) is 1. The van der Waals surface area contributed by atoms with Gasteiger partial charge in [0.05, 0.1) is 5.52 Å². The highest BCUT2D eigenvalue weighted by Crippen LogP contribution is 2.29. The van der Waals surface area contributed by atoms with Gasteiger partial charge in [-0.15, -0.1) is 0 Å². The van der Waals surface area contributed by atoms with Crippen LogP contribution in [-0.4, -0.2) is 21.3 Å². The van der Waals surface area contributed by atoms with Crippen LogP contribution in [0.1, 0.15) is 52.9 Å². The van der Waals surface area contributed by atoms with Crippen LogP contribution in [0.25, 0.3) is 10.9 Å². The third-order valence-electron chi connectivity index (χ3n) is 4.11. The first-order chi connectivity index (χ1) is 10.9. The van der Waals surface area contributed by atoms with Gasteiger partial charge in [-0.05, 0) is 50.4 Å². The third-order valence-corrected chi connectivity index (χ3v) is 4.28. The fourth-order valence-corrected chi connectivity index (χ4v) is 2.87. The third kappa shape index (κ3) is 4.90. The molecular weight excluding hydrogens is 310 g/mol. The van der Waals surface area contributed by atoms with Crippen LogP contribution in [0.4, 0.5) is 5.82 Å². The van der Waals surface area contributed by atoms with E-state index in [1.54, 1.807) is 6.92 Å². The highest BCUT2D eigenvalue weighted by molar-refractivity contribution is 6.28. The first-order valence-corrected chi connectivity index (χ1v) is 8.51. The Morgan fingerprint density at radius 3 is 2.70 bits per heavy atom. The largest absolute Gasteiger partial charge is 0.364 e. The number of ketones is 1. The van der Waals surface area contributed by atoms with Crippen LogP contribution in [0.5, 0.6) is 0 Å². The summed E-state index contributed by atoms with van der Waals surface area (Å²) in [6.45, 7) is 5.95. The average Bonchev–Trinajstić information content (AvgIpc) is 2.51. The van der Waals surface area contributed by atoms with Crippen LogP contribution in [0.3, 0.4) is 0 Å². The number of carbonyl (C=O) groups is 1. The minimum Gasteiger partial charge on any atom is -0.364 e. The number of hydrogen-bond acceptors (Lipinski definition) is 4. The Morgan fingerprint density at radius 2 is 2.00 bits per heavy atom. The van der Waals surface area contributed by atoms with E-state index in [4.69, 9.17) is 11.6 Å². The molecule has 23 heavy (non-hydrogen) atoms. The molecule has 0 radical (unpaired) electrons. The molecule has 0 saturated carbocycles. The summed E-state index contributed by atoms with van der Waals surface area (Å²) in [7, 11) is 0. The number of hydrogen-bond donors (Lipinski definition) is 1. The molecule has 0 bridgehead atoms. The molecule has 0 unspecified atom stereocenters. The van der Waals surface area contributed by atoms with E-state index in [1.165, 1.54) is 0 Å². The fourth-order valence-electron chi connectivity index (χ4n) is 2.70. The van der Waals surface area contributed by atoms with Crippen LogP contribution in [0, 0.1) is 0 Å². The Kier molecular flexibility index (Phi) is 5.94. The summed E-state index contributed by atoms with van der Waals surface area (Å²) in [6, 6.07) is 7.80. The summed E-state index contributed by atoms with van der Waals surface area (Å²) < 4.78 is 0. The predicted molar refractivity (Wildman–Crippen MR) is 96.0 cm³/mol. The van der Waals surface area contributed by atoms with Crippen molar-refractivity contribution in [2.45, 2.75) is 58.4 Å². The molecule has 0 saturated heterocycles. The van der Waals surface area contributed by atoms with Crippen LogP contribution < -0.4 is 5.32 Å². The van der Waals surface area contributed by atoms with Gasteiger partial charge < -0.3 is 10.1 Å². The van der Waals surface area contributed by atoms with Crippen molar-refractivity contribution in [3.63, 3.8) is 0 Å². The highest BCUT2D eigenvalue weighted by atomic mass is 35.5. The summed E-state index contributed by atoms with van der Waals surface area (Å²) in [5.41, 5.74) is 0.627. The number of anilines is 1. The SMILES string of the molecule is CCCC[C@](C)(CCC(C)=O)Nc1nc(Cl)nc2ccccc12. The number of aromatic nitrogens is 2. The standard InChI is InChI=1S/C18H24ClN3O/c1-4-5-11-18(3,12-10-13(2)23)22-16-14-8-6-7-9-15(14)20-17(19)21-16/h6-9H,4-5,10-12H2,1-3H3,(H,20,21,22)/t18-/m1/s1. The van der Waals surface area contributed by atoms with Crippen LogP contribution in [0.2, 0.25) is 5.28 Å². The van der Waals surface area contributed by atoms with Gasteiger partial charge in [-0.1, -0.05) is 31.9 Å². The summed E-state index contributed by atoms with van der Waals surface area (Å²) in [4.78, 5) is 20.1. The molecule has 0 aliphatic carbocycles. The number of carbonyl (C=O) groups excluding carboxylic acids is 1. The van der Waals surface area contributed by atoms with Gasteiger partial charge in [0.2, 0.25) is 5.28 Å². The topological polar surface area (TPSA) is 54.9 Å². The zero-order chi connectivity index (χ0) is 16.9. The molecular formula is C18H24ClN3O. The van der Waals surface area contributed by atoms with Crippen molar-refractivity contribution in [3.05, 3.63) is 29.5 Å². The summed E-state index contributed by atoms with van der Waals surface area (Å²) in [5, 5.41) is 4.72. The molecule has 124 valence electrons. The monoisotopic (exact) mass is 333 g/mol. The predicted octanol–water partition coefficient (Wildman–Crippen LogP) is 5.01. The zero-order valence-electron chi connectivity index (χ0n) is 14.0. The minimum atomic E-state index is -0.192. The lowest BCUT2D eigenvalue weighted by atomic mass is 9.88. The van der Waals surface area contributed by atoms with Gasteiger partial charge in [0.25, 0.3) is 0 Å². The van der Waals surface area contributed by atoms with Crippen LogP contribution >= 0.6 is 11.6 Å². The number of fused-ring (bicyclic) bond motifs is 1. The first-order valence-electron chi connectivity index (χ1n) is 8.13. The maximum Gasteiger partial charge on any atom is 0.224 e. The van der Waals surface area contributed by atoms with Gasteiger partial charge >= 0.3 is 0 Å². The number of halogens is 1. The van der Waals surface area contributed by atoms with Gasteiger partial charge in [0.1, 0.15) is 11.6 Å². The van der Waals surface area contributed by atoms with E-state index in [-0.39, 0.29) is 16.6 Å². The van der Waals surface area contributed by atoms with Crippen molar-refractivity contribution in [2.24, 2.45) is 0 Å². The molecule has 2 rings (SSSR count). The summed E-state index contributed by atoms with van der Waals surface area (Å²) in [5.74, 6) is 0.947. The lowest BCUT2D eigenvalue weighted by Crippen LogP contribution is -2.35. The fraction of sp³-hybridized carbons (Fsp3) is 0.500. The number of nitrogens with zero attached hydrogens (tertiary/aromatic N) is 2. The quantitative estimate of drug-likeness (QED) is 0.690. The van der Waals surface area contributed by atoms with Crippen molar-refractivity contribution in [3.8, 4) is 0 Å². The Labute approximate surface area is 142 Å². The second kappa shape index (κ2) is 7.73. The highest BCUT2D eigenvalue weighted by Gasteiger charge is 2.25. The van der Waals surface area contributed by atoms with Crippen LogP contribution in [0.15, 0.2) is 24.3 Å². The van der Waals surface area contributed by atoms with E-state index >= 15 is 0 Å². The van der Waals surface area contributed by atoms with Crippen molar-refractivity contribution in [1.29, 1.82) is 0 Å². The zero-order valence-corrected chi connectivity index (χ0v) is 14.8. The number of unbranched alkanes of at least 4 members (excludes halogenated alkanes) is 1. The smallest absolute Gasteiger partial charge is 0.224 e. The number of nitrogens with one attached hydrogen (secondary N) is 1. The molecule has 0 aliphatic heterocycles. The maximum atomic E-state index is 11.4. The molecule has 4 nitrogen and oxygen atoms in total. The Bertz CT molecular complexity index is 689. The van der Waals surface area contributed by atoms with Crippen molar-refractivity contribution in [1.82, 2.24) is 9.97 Å². The molecule has 1 aromatic heterocycles. The van der Waals surface area contributed by atoms with Gasteiger partial charge in [-0.2, -0.15) is 0 Å². The number of rotatable bonds is 8. The van der Waals surface area contributed by atoms with E-state index in [1.807, 2.05) is 24.3 Å². The molecule has 1 N–H and O–H groups in total. The average molecular weight is 334 g/mol. The van der Waals surface area contributed by atoms with Crippen molar-refractivity contribution >= 4 is 34.1 Å². The second-order valence-electron chi connectivity index (χ2n) is 6.35. The number of benzene rings is 1. The Hall–Kier alpha value is -1.68. The Balaban J connectivity index is 2.33. The molecule has 0 amide bonds. The lowest BCUT2D eigenvalue weighted by Gasteiger charge is -2.32. The molecule has 0 fully saturated rings. The van der Waals surface area contributed by atoms with Gasteiger partial charge in [-0.25, -0.2) is 9.97 Å². The molecule has 2 aromatic rings. The van der Waals surface area contributed by atoms with Gasteiger partial charge in [0.15, 0.2) is 0 Å². The van der Waals surface area contributed by atoms with E-state index in [2.05, 4.69) is 29.1 Å². The maximum absolute atomic E-state index is 11.4. The van der Waals surface area contributed by atoms with Crippen molar-refractivity contribution < 1.29 is 4.79 Å². The summed E-state index contributed by atoms with van der Waals surface area (Å²) >= 11 is 6.07. The number of para-hydroxylation sites is 1. The molecule has 1 aromatic carbocycles. The lowest BCUT2D eigenvalue weighted by molar-refractivity contribution is -0.117. The van der Waals surface area contributed by atoms with E-state index in [0.29, 0.717) is 6.42 Å².